The maximum absolute atomic E-state index is 13.6. The minimum Gasteiger partial charge on any atom is -0.352 e. The van der Waals surface area contributed by atoms with Gasteiger partial charge in [-0.05, 0) is 24.1 Å². The molecular formula is C14H17FN2O. The second-order valence-corrected chi connectivity index (χ2v) is 4.30. The second kappa shape index (κ2) is 6.77. The Kier molecular flexibility index (Phi) is 5.34. The third kappa shape index (κ3) is 4.19. The molecule has 0 radical (unpaired) electrons. The van der Waals surface area contributed by atoms with E-state index in [1.807, 2.05) is 13.8 Å². The number of hydrogen-bond donors (Lipinski definition) is 2. The highest BCUT2D eigenvalue weighted by Gasteiger charge is 2.08. The first kappa shape index (κ1) is 14.2. The van der Waals surface area contributed by atoms with E-state index in [0.717, 1.165) is 0 Å². The number of amides is 1. The molecule has 96 valence electrons. The van der Waals surface area contributed by atoms with Crippen LogP contribution in [-0.2, 0) is 0 Å². The van der Waals surface area contributed by atoms with E-state index in [9.17, 15) is 9.18 Å². The van der Waals surface area contributed by atoms with Crippen LogP contribution in [0.5, 0.6) is 0 Å². The average Bonchev–Trinajstić information content (AvgIpc) is 2.34. The zero-order valence-electron chi connectivity index (χ0n) is 10.6. The lowest BCUT2D eigenvalue weighted by Crippen LogP contribution is -2.27. The van der Waals surface area contributed by atoms with Crippen LogP contribution in [-0.4, -0.2) is 19.0 Å². The van der Waals surface area contributed by atoms with E-state index < -0.39 is 5.82 Å². The van der Waals surface area contributed by atoms with Crippen LogP contribution >= 0.6 is 0 Å². The SMILES string of the molecule is CC(C)CNC(=O)c1ccc(C#CCN)c(F)c1. The van der Waals surface area contributed by atoms with Gasteiger partial charge in [-0.25, -0.2) is 4.39 Å². The zero-order chi connectivity index (χ0) is 13.5. The molecule has 3 nitrogen and oxygen atoms in total. The molecule has 1 aromatic rings. The Balaban J connectivity index is 2.80. The molecule has 1 amide bonds. The van der Waals surface area contributed by atoms with Gasteiger partial charge in [-0.3, -0.25) is 4.79 Å². The number of benzene rings is 1. The zero-order valence-corrected chi connectivity index (χ0v) is 10.6. The van der Waals surface area contributed by atoms with Gasteiger partial charge < -0.3 is 11.1 Å². The molecular weight excluding hydrogens is 231 g/mol. The van der Waals surface area contributed by atoms with Gasteiger partial charge in [0.05, 0.1) is 12.1 Å². The van der Waals surface area contributed by atoms with Crippen molar-refractivity contribution in [2.75, 3.05) is 13.1 Å². The number of nitrogens with two attached hydrogens (primary N) is 1. The predicted molar refractivity (Wildman–Crippen MR) is 69.5 cm³/mol. The molecule has 0 aliphatic rings. The summed E-state index contributed by atoms with van der Waals surface area (Å²) in [5.41, 5.74) is 5.76. The van der Waals surface area contributed by atoms with Gasteiger partial charge in [-0.1, -0.05) is 25.7 Å². The number of carbonyl (C=O) groups excluding carboxylic acids is 1. The Morgan fingerprint density at radius 3 is 2.78 bits per heavy atom. The molecule has 0 saturated heterocycles. The average molecular weight is 248 g/mol. The van der Waals surface area contributed by atoms with Gasteiger partial charge in [-0.2, -0.15) is 0 Å². The topological polar surface area (TPSA) is 55.1 Å². The summed E-state index contributed by atoms with van der Waals surface area (Å²) in [4.78, 5) is 11.7. The van der Waals surface area contributed by atoms with Crippen LogP contribution in [0.15, 0.2) is 18.2 Å². The van der Waals surface area contributed by atoms with Crippen molar-refractivity contribution in [2.45, 2.75) is 13.8 Å². The highest BCUT2D eigenvalue weighted by Crippen LogP contribution is 2.09. The smallest absolute Gasteiger partial charge is 0.251 e. The van der Waals surface area contributed by atoms with Crippen molar-refractivity contribution in [2.24, 2.45) is 11.7 Å². The summed E-state index contributed by atoms with van der Waals surface area (Å²) in [5, 5.41) is 2.73. The summed E-state index contributed by atoms with van der Waals surface area (Å²) in [6, 6.07) is 4.23. The van der Waals surface area contributed by atoms with Crippen molar-refractivity contribution in [1.29, 1.82) is 0 Å². The van der Waals surface area contributed by atoms with Crippen LogP contribution in [0.3, 0.4) is 0 Å². The fourth-order valence-electron chi connectivity index (χ4n) is 1.30. The summed E-state index contributed by atoms with van der Waals surface area (Å²) in [6.07, 6.45) is 0. The molecule has 0 saturated carbocycles. The van der Waals surface area contributed by atoms with Crippen molar-refractivity contribution in [3.8, 4) is 11.8 Å². The van der Waals surface area contributed by atoms with Crippen LogP contribution in [0.2, 0.25) is 0 Å². The quantitative estimate of drug-likeness (QED) is 0.797. The first-order chi connectivity index (χ1) is 8.54. The van der Waals surface area contributed by atoms with E-state index in [4.69, 9.17) is 5.73 Å². The van der Waals surface area contributed by atoms with Gasteiger partial charge in [0.25, 0.3) is 5.91 Å². The van der Waals surface area contributed by atoms with Crippen LogP contribution in [0, 0.1) is 23.6 Å². The van der Waals surface area contributed by atoms with Crippen molar-refractivity contribution in [3.05, 3.63) is 35.1 Å². The summed E-state index contributed by atoms with van der Waals surface area (Å²) < 4.78 is 13.6. The monoisotopic (exact) mass is 248 g/mol. The minimum absolute atomic E-state index is 0.177. The summed E-state index contributed by atoms with van der Waals surface area (Å²) in [5.74, 6) is 4.75. The molecule has 0 fully saturated rings. The Labute approximate surface area is 107 Å². The second-order valence-electron chi connectivity index (χ2n) is 4.30. The van der Waals surface area contributed by atoms with Gasteiger partial charge in [0.2, 0.25) is 0 Å². The lowest BCUT2D eigenvalue weighted by atomic mass is 10.1. The van der Waals surface area contributed by atoms with Gasteiger partial charge in [0.1, 0.15) is 5.82 Å². The largest absolute Gasteiger partial charge is 0.352 e. The number of hydrogen-bond acceptors (Lipinski definition) is 2. The van der Waals surface area contributed by atoms with Gasteiger partial charge in [0.15, 0.2) is 0 Å². The van der Waals surface area contributed by atoms with E-state index in [1.165, 1.54) is 12.1 Å². The molecule has 1 rings (SSSR count). The van der Waals surface area contributed by atoms with Crippen molar-refractivity contribution >= 4 is 5.91 Å². The molecule has 0 aromatic heterocycles. The first-order valence-corrected chi connectivity index (χ1v) is 5.81. The minimum atomic E-state index is -0.506. The fraction of sp³-hybridized carbons (Fsp3) is 0.357. The van der Waals surface area contributed by atoms with E-state index in [0.29, 0.717) is 18.0 Å². The standard InChI is InChI=1S/C14H17FN2O/c1-10(2)9-17-14(18)12-6-5-11(4-3-7-16)13(15)8-12/h5-6,8,10H,7,9,16H2,1-2H3,(H,17,18). The lowest BCUT2D eigenvalue weighted by Gasteiger charge is -2.07. The molecule has 0 heterocycles. The Morgan fingerprint density at radius 1 is 1.50 bits per heavy atom. The normalized spacial score (nSPS) is 9.83. The van der Waals surface area contributed by atoms with Crippen LogP contribution in [0.25, 0.3) is 0 Å². The maximum atomic E-state index is 13.6. The molecule has 4 heteroatoms. The summed E-state index contributed by atoms with van der Waals surface area (Å²) in [6.45, 7) is 4.73. The van der Waals surface area contributed by atoms with Crippen molar-refractivity contribution in [1.82, 2.24) is 5.32 Å². The molecule has 18 heavy (non-hydrogen) atoms. The predicted octanol–water partition coefficient (Wildman–Crippen LogP) is 1.52. The summed E-state index contributed by atoms with van der Waals surface area (Å²) >= 11 is 0. The van der Waals surface area contributed by atoms with Crippen molar-refractivity contribution in [3.63, 3.8) is 0 Å². The fourth-order valence-corrected chi connectivity index (χ4v) is 1.30. The molecule has 0 atom stereocenters. The molecule has 0 aliphatic heterocycles. The first-order valence-electron chi connectivity index (χ1n) is 5.81. The van der Waals surface area contributed by atoms with Crippen LogP contribution in [0.4, 0.5) is 4.39 Å². The molecule has 3 N–H and O–H groups in total. The van der Waals surface area contributed by atoms with E-state index in [-0.39, 0.29) is 18.0 Å². The number of halogens is 1. The van der Waals surface area contributed by atoms with Gasteiger partial charge >= 0.3 is 0 Å². The Bertz CT molecular complexity index is 486. The highest BCUT2D eigenvalue weighted by molar-refractivity contribution is 5.94. The Hall–Kier alpha value is -1.86. The molecule has 0 bridgehead atoms. The van der Waals surface area contributed by atoms with Crippen LogP contribution in [0.1, 0.15) is 29.8 Å². The van der Waals surface area contributed by atoms with Gasteiger partial charge in [-0.15, -0.1) is 0 Å². The maximum Gasteiger partial charge on any atom is 0.251 e. The number of nitrogens with one attached hydrogen (secondary N) is 1. The number of carbonyl (C=O) groups is 1. The molecule has 0 aliphatic carbocycles. The summed E-state index contributed by atoms with van der Waals surface area (Å²) in [7, 11) is 0. The molecule has 0 spiro atoms. The van der Waals surface area contributed by atoms with Crippen molar-refractivity contribution < 1.29 is 9.18 Å². The highest BCUT2D eigenvalue weighted by atomic mass is 19.1. The van der Waals surface area contributed by atoms with Gasteiger partial charge in [0, 0.05) is 12.1 Å². The third-order valence-corrected chi connectivity index (χ3v) is 2.23. The lowest BCUT2D eigenvalue weighted by molar-refractivity contribution is 0.0948. The van der Waals surface area contributed by atoms with E-state index in [1.54, 1.807) is 6.07 Å². The third-order valence-electron chi connectivity index (χ3n) is 2.23. The number of rotatable bonds is 3. The van der Waals surface area contributed by atoms with E-state index >= 15 is 0 Å². The molecule has 1 aromatic carbocycles. The van der Waals surface area contributed by atoms with E-state index in [2.05, 4.69) is 17.2 Å². The Morgan fingerprint density at radius 2 is 2.22 bits per heavy atom. The van der Waals surface area contributed by atoms with Crippen LogP contribution < -0.4 is 11.1 Å². The molecule has 0 unspecified atom stereocenters.